The second-order valence-electron chi connectivity index (χ2n) is 4.29. The van der Waals surface area contributed by atoms with E-state index in [4.69, 9.17) is 11.6 Å². The van der Waals surface area contributed by atoms with Gasteiger partial charge in [0, 0.05) is 10.6 Å². The van der Waals surface area contributed by atoms with Gasteiger partial charge in [-0.25, -0.2) is 0 Å². The van der Waals surface area contributed by atoms with Crippen LogP contribution in [0.15, 0.2) is 36.4 Å². The number of carbonyl (C=O) groups excluding carboxylic acids is 1. The number of rotatable bonds is 4. The first-order valence-corrected chi connectivity index (χ1v) is 7.29. The summed E-state index contributed by atoms with van der Waals surface area (Å²) in [6.45, 7) is 2.07. The van der Waals surface area contributed by atoms with Gasteiger partial charge >= 0.3 is 0 Å². The van der Waals surface area contributed by atoms with Crippen molar-refractivity contribution in [1.82, 2.24) is 0 Å². The van der Waals surface area contributed by atoms with Gasteiger partial charge in [0.15, 0.2) is 5.78 Å². The number of Topliss-reactive ketones (excluding diaryl/α,β-unsaturated/α-hetero) is 1. The first-order valence-electron chi connectivity index (χ1n) is 6.00. The van der Waals surface area contributed by atoms with Crippen molar-refractivity contribution >= 4 is 44.1 Å². The minimum absolute atomic E-state index is 0.118. The zero-order chi connectivity index (χ0) is 13.1. The molecule has 2 aromatic rings. The van der Waals surface area contributed by atoms with Crippen LogP contribution in [0.2, 0.25) is 5.02 Å². The highest BCUT2D eigenvalue weighted by molar-refractivity contribution is 9.10. The van der Waals surface area contributed by atoms with E-state index in [9.17, 15) is 4.79 Å². The number of ketones is 1. The summed E-state index contributed by atoms with van der Waals surface area (Å²) in [6.07, 6.45) is 1.82. The van der Waals surface area contributed by atoms with E-state index >= 15 is 0 Å². The molecular weight excluding hydrogens is 312 g/mol. The average molecular weight is 326 g/mol. The third-order valence-corrected chi connectivity index (χ3v) is 4.05. The molecule has 0 radical (unpaired) electrons. The molecule has 0 aliphatic rings. The second kappa shape index (κ2) is 5.85. The van der Waals surface area contributed by atoms with Crippen molar-refractivity contribution in [3.63, 3.8) is 0 Å². The van der Waals surface area contributed by atoms with Crippen molar-refractivity contribution in [3.05, 3.63) is 47.0 Å². The molecule has 0 aliphatic heterocycles. The molecule has 1 nitrogen and oxygen atoms in total. The molecule has 3 heteroatoms. The zero-order valence-electron chi connectivity index (χ0n) is 10.1. The summed E-state index contributed by atoms with van der Waals surface area (Å²) in [5, 5.41) is 2.63. The maximum Gasteiger partial charge on any atom is 0.177 e. The van der Waals surface area contributed by atoms with Crippen LogP contribution < -0.4 is 0 Å². The summed E-state index contributed by atoms with van der Waals surface area (Å²) in [7, 11) is 0. The van der Waals surface area contributed by atoms with E-state index in [1.807, 2.05) is 36.4 Å². The number of carbonyl (C=O) groups is 1. The summed E-state index contributed by atoms with van der Waals surface area (Å²) in [6, 6.07) is 11.4. The fraction of sp³-hybridized carbons (Fsp3) is 0.267. The van der Waals surface area contributed by atoms with E-state index < -0.39 is 0 Å². The lowest BCUT2D eigenvalue weighted by Crippen LogP contribution is -2.14. The van der Waals surface area contributed by atoms with Crippen LogP contribution in [0.4, 0.5) is 0 Å². The quantitative estimate of drug-likeness (QED) is 0.555. The molecule has 1 atom stereocenters. The van der Waals surface area contributed by atoms with Crippen molar-refractivity contribution in [3.8, 4) is 0 Å². The number of hydrogen-bond acceptors (Lipinski definition) is 1. The lowest BCUT2D eigenvalue weighted by molar-refractivity contribution is 0.0990. The maximum absolute atomic E-state index is 12.4. The first-order chi connectivity index (χ1) is 8.63. The Morgan fingerprint density at radius 1 is 1.33 bits per heavy atom. The number of benzene rings is 2. The van der Waals surface area contributed by atoms with Crippen LogP contribution in [0, 0.1) is 0 Å². The van der Waals surface area contributed by atoms with Gasteiger partial charge in [0.05, 0.1) is 4.83 Å². The highest BCUT2D eigenvalue weighted by Gasteiger charge is 2.18. The normalized spacial score (nSPS) is 12.6. The van der Waals surface area contributed by atoms with Crippen molar-refractivity contribution in [2.24, 2.45) is 0 Å². The molecule has 0 N–H and O–H groups in total. The van der Waals surface area contributed by atoms with Crippen LogP contribution in [0.3, 0.4) is 0 Å². The van der Waals surface area contributed by atoms with Gasteiger partial charge in [0.25, 0.3) is 0 Å². The van der Waals surface area contributed by atoms with E-state index in [2.05, 4.69) is 22.9 Å². The minimum Gasteiger partial charge on any atom is -0.293 e. The molecule has 0 aromatic heterocycles. The maximum atomic E-state index is 12.4. The Bertz CT molecular complexity index is 580. The van der Waals surface area contributed by atoms with Crippen molar-refractivity contribution in [2.75, 3.05) is 0 Å². The average Bonchev–Trinajstić information content (AvgIpc) is 2.37. The Balaban J connectivity index is 2.50. The number of halogens is 2. The Hall–Kier alpha value is -0.860. The molecule has 0 aliphatic carbocycles. The Morgan fingerprint density at radius 3 is 2.83 bits per heavy atom. The van der Waals surface area contributed by atoms with Crippen molar-refractivity contribution < 1.29 is 4.79 Å². The van der Waals surface area contributed by atoms with Gasteiger partial charge in [-0.05, 0) is 29.3 Å². The number of alkyl halides is 1. The van der Waals surface area contributed by atoms with Crippen LogP contribution >= 0.6 is 27.5 Å². The molecule has 18 heavy (non-hydrogen) atoms. The highest BCUT2D eigenvalue weighted by atomic mass is 79.9. The van der Waals surface area contributed by atoms with Crippen LogP contribution in [0.5, 0.6) is 0 Å². The minimum atomic E-state index is -0.118. The van der Waals surface area contributed by atoms with Gasteiger partial charge in [-0.15, -0.1) is 0 Å². The largest absolute Gasteiger partial charge is 0.293 e. The predicted octanol–water partition coefficient (Wildman–Crippen LogP) is 5.24. The standard InChI is InChI=1S/C15H14BrClO/c1-2-4-14(16)15(18)12-6-3-5-10-7-8-11(17)9-13(10)12/h3,5-9,14H,2,4H2,1H3. The van der Waals surface area contributed by atoms with E-state index in [1.165, 1.54) is 0 Å². The van der Waals surface area contributed by atoms with E-state index in [-0.39, 0.29) is 10.6 Å². The molecule has 0 saturated heterocycles. The fourth-order valence-corrected chi connectivity index (χ4v) is 2.89. The smallest absolute Gasteiger partial charge is 0.177 e. The van der Waals surface area contributed by atoms with Gasteiger partial charge in [-0.3, -0.25) is 4.79 Å². The molecule has 2 aromatic carbocycles. The topological polar surface area (TPSA) is 17.1 Å². The monoisotopic (exact) mass is 324 g/mol. The molecule has 0 fully saturated rings. The number of hydrogen-bond donors (Lipinski definition) is 0. The molecule has 0 amide bonds. The second-order valence-corrected chi connectivity index (χ2v) is 5.83. The van der Waals surface area contributed by atoms with E-state index in [0.29, 0.717) is 5.02 Å². The van der Waals surface area contributed by atoms with Gasteiger partial charge in [0.1, 0.15) is 0 Å². The van der Waals surface area contributed by atoms with Gasteiger partial charge in [-0.1, -0.05) is 65.1 Å². The molecule has 94 valence electrons. The Kier molecular flexibility index (Phi) is 4.41. The van der Waals surface area contributed by atoms with E-state index in [1.54, 1.807) is 0 Å². The zero-order valence-corrected chi connectivity index (χ0v) is 12.5. The SMILES string of the molecule is CCCC(Br)C(=O)c1cccc2ccc(Cl)cc12. The van der Waals surface area contributed by atoms with Crippen LogP contribution in [-0.2, 0) is 0 Å². The van der Waals surface area contributed by atoms with Crippen LogP contribution in [-0.4, -0.2) is 10.6 Å². The fourth-order valence-electron chi connectivity index (χ4n) is 2.01. The van der Waals surface area contributed by atoms with Gasteiger partial charge in [0.2, 0.25) is 0 Å². The summed E-state index contributed by atoms with van der Waals surface area (Å²) >= 11 is 9.47. The summed E-state index contributed by atoms with van der Waals surface area (Å²) in [4.78, 5) is 12.3. The highest BCUT2D eigenvalue weighted by Crippen LogP contribution is 2.26. The lowest BCUT2D eigenvalue weighted by atomic mass is 9.98. The van der Waals surface area contributed by atoms with E-state index in [0.717, 1.165) is 29.2 Å². The lowest BCUT2D eigenvalue weighted by Gasteiger charge is -2.10. The molecule has 2 rings (SSSR count). The third kappa shape index (κ3) is 2.76. The summed E-state index contributed by atoms with van der Waals surface area (Å²) in [5.41, 5.74) is 0.741. The van der Waals surface area contributed by atoms with Gasteiger partial charge < -0.3 is 0 Å². The molecule has 0 heterocycles. The molecule has 1 unspecified atom stereocenters. The third-order valence-electron chi connectivity index (χ3n) is 2.94. The van der Waals surface area contributed by atoms with Crippen molar-refractivity contribution in [2.45, 2.75) is 24.6 Å². The first kappa shape index (κ1) is 13.6. The van der Waals surface area contributed by atoms with Crippen LogP contribution in [0.25, 0.3) is 10.8 Å². The Morgan fingerprint density at radius 2 is 2.11 bits per heavy atom. The summed E-state index contributed by atoms with van der Waals surface area (Å²) in [5.74, 6) is 0.129. The molecule has 0 bridgehead atoms. The van der Waals surface area contributed by atoms with Gasteiger partial charge in [-0.2, -0.15) is 0 Å². The molecule has 0 spiro atoms. The summed E-state index contributed by atoms with van der Waals surface area (Å²) < 4.78 is 0. The molecule has 0 saturated carbocycles. The van der Waals surface area contributed by atoms with Crippen LogP contribution in [0.1, 0.15) is 30.1 Å². The predicted molar refractivity (Wildman–Crippen MR) is 80.9 cm³/mol. The van der Waals surface area contributed by atoms with Crippen molar-refractivity contribution in [1.29, 1.82) is 0 Å². The molecular formula is C15H14BrClO. The Labute approximate surface area is 120 Å². The number of fused-ring (bicyclic) bond motifs is 1.